The lowest BCUT2D eigenvalue weighted by atomic mass is 9.98. The fraction of sp³-hybridized carbons (Fsp3) is 0. The number of nitrogens with zero attached hydrogens (tertiary/aromatic N) is 4. The molecule has 12 rings (SSSR count). The minimum Gasteiger partial charge on any atom is -0.309 e. The molecular formula is C57H36N4S. The fourth-order valence-corrected chi connectivity index (χ4v) is 9.70. The molecule has 3 heterocycles. The van der Waals surface area contributed by atoms with Gasteiger partial charge in [0, 0.05) is 58.8 Å². The maximum atomic E-state index is 9.39. The summed E-state index contributed by atoms with van der Waals surface area (Å²) in [5.74, 6) is 1.33. The fourth-order valence-electron chi connectivity index (χ4n) is 8.47. The van der Waals surface area contributed by atoms with Gasteiger partial charge in [0.2, 0.25) is 0 Å². The molecule has 0 saturated heterocycles. The monoisotopic (exact) mass is 814 g/mol. The van der Waals surface area contributed by atoms with Gasteiger partial charge in [0.05, 0.1) is 24.9 Å². The first-order valence-corrected chi connectivity index (χ1v) is 21.2. The molecule has 0 atom stereocenters. The minimum atomic E-state index is -0.176. The van der Waals surface area contributed by atoms with Crippen LogP contribution in [-0.2, 0) is 0 Å². The van der Waals surface area contributed by atoms with E-state index in [0.717, 1.165) is 64.7 Å². The molecule has 4 nitrogen and oxygen atoms in total. The molecule has 0 unspecified atom stereocenters. The van der Waals surface area contributed by atoms with Crippen LogP contribution in [0.25, 0.3) is 115 Å². The summed E-state index contributed by atoms with van der Waals surface area (Å²) >= 11 is 1.68. The quantitative estimate of drug-likeness (QED) is 0.161. The number of fused-ring (bicyclic) bond motifs is 6. The lowest BCUT2D eigenvalue weighted by molar-refractivity contribution is 1.07. The van der Waals surface area contributed by atoms with Crippen molar-refractivity contribution in [3.8, 4) is 73.2 Å². The standard InChI is InChI=1S/C57H36N4S/c1-3-15-37(16-4-1)39-29-31-40(32-30-39)55-58-56(42-20-13-19-41(35-42)38-17-5-2-6-18-38)60-57(59-55)43-33-34-46(48-24-14-25-49-47-23-9-12-28-53(47)62-54(48)49)52(36-43)61-50-26-10-7-21-44(50)45-22-8-11-27-51(45)61/h1-36H/i7D,8D,21D,22D,26D,27D. The van der Waals surface area contributed by atoms with Crippen molar-refractivity contribution < 1.29 is 8.22 Å². The van der Waals surface area contributed by atoms with E-state index < -0.39 is 0 Å². The molecule has 0 bridgehead atoms. The normalized spacial score (nSPS) is 12.9. The molecule has 0 aliphatic carbocycles. The highest BCUT2D eigenvalue weighted by atomic mass is 32.1. The van der Waals surface area contributed by atoms with Crippen LogP contribution >= 0.6 is 11.3 Å². The van der Waals surface area contributed by atoms with Crippen molar-refractivity contribution in [2.75, 3.05) is 0 Å². The van der Waals surface area contributed by atoms with Crippen LogP contribution in [0.5, 0.6) is 0 Å². The highest BCUT2D eigenvalue weighted by molar-refractivity contribution is 7.26. The van der Waals surface area contributed by atoms with E-state index in [1.165, 1.54) is 12.1 Å². The molecule has 0 amide bonds. The highest BCUT2D eigenvalue weighted by Crippen LogP contribution is 2.44. The van der Waals surface area contributed by atoms with Gasteiger partial charge in [-0.15, -0.1) is 11.3 Å². The predicted molar refractivity (Wildman–Crippen MR) is 260 cm³/mol. The summed E-state index contributed by atoms with van der Waals surface area (Å²) < 4.78 is 58.4. The molecule has 9 aromatic carbocycles. The summed E-state index contributed by atoms with van der Waals surface area (Å²) in [4.78, 5) is 15.5. The Morgan fingerprint density at radius 1 is 0.371 bits per heavy atom. The van der Waals surface area contributed by atoms with Crippen molar-refractivity contribution in [1.82, 2.24) is 19.5 Å². The number of para-hydroxylation sites is 2. The maximum Gasteiger partial charge on any atom is 0.164 e. The Labute approximate surface area is 371 Å². The van der Waals surface area contributed by atoms with Gasteiger partial charge in [-0.2, -0.15) is 0 Å². The van der Waals surface area contributed by atoms with E-state index in [1.54, 1.807) is 15.9 Å². The van der Waals surface area contributed by atoms with Gasteiger partial charge in [-0.3, -0.25) is 0 Å². The second kappa shape index (κ2) is 14.9. The van der Waals surface area contributed by atoms with E-state index in [4.69, 9.17) is 17.7 Å². The van der Waals surface area contributed by atoms with Gasteiger partial charge in [0.15, 0.2) is 17.5 Å². The SMILES string of the molecule is [2H]c1cc([2H])c2c(c1[2H])c1c([2H])c([2H])cc([2H])c1n2-c1cc(-c2nc(-c3ccc(-c4ccccc4)cc3)nc(-c3cccc(-c4ccccc4)c3)n2)ccc1-c1cccc2c1sc1ccccc12. The number of hydrogen-bond acceptors (Lipinski definition) is 4. The average Bonchev–Trinajstić information content (AvgIpc) is 3.96. The average molecular weight is 815 g/mol. The molecule has 0 saturated carbocycles. The van der Waals surface area contributed by atoms with Crippen LogP contribution in [-0.4, -0.2) is 19.5 Å². The van der Waals surface area contributed by atoms with Gasteiger partial charge in [-0.05, 0) is 52.5 Å². The molecule has 0 aliphatic rings. The van der Waals surface area contributed by atoms with Crippen LogP contribution in [0.15, 0.2) is 218 Å². The van der Waals surface area contributed by atoms with Crippen molar-refractivity contribution in [2.24, 2.45) is 0 Å². The van der Waals surface area contributed by atoms with Gasteiger partial charge in [-0.1, -0.05) is 188 Å². The molecule has 0 N–H and O–H groups in total. The summed E-state index contributed by atoms with van der Waals surface area (Å²) in [6.07, 6.45) is 0. The largest absolute Gasteiger partial charge is 0.309 e. The predicted octanol–water partition coefficient (Wildman–Crippen LogP) is 15.3. The molecule has 5 heteroatoms. The molecule has 12 aromatic rings. The van der Waals surface area contributed by atoms with Crippen LogP contribution in [0.2, 0.25) is 0 Å². The molecule has 0 radical (unpaired) electrons. The zero-order valence-corrected chi connectivity index (χ0v) is 33.8. The maximum absolute atomic E-state index is 9.39. The van der Waals surface area contributed by atoms with Gasteiger partial charge in [-0.25, -0.2) is 15.0 Å². The summed E-state index contributed by atoms with van der Waals surface area (Å²) in [7, 11) is 0. The lowest BCUT2D eigenvalue weighted by Gasteiger charge is -2.17. The first-order valence-electron chi connectivity index (χ1n) is 23.3. The van der Waals surface area contributed by atoms with E-state index in [2.05, 4.69) is 72.8 Å². The number of hydrogen-bond donors (Lipinski definition) is 0. The smallest absolute Gasteiger partial charge is 0.164 e. The topological polar surface area (TPSA) is 43.6 Å². The Hall–Kier alpha value is -7.99. The van der Waals surface area contributed by atoms with E-state index >= 15 is 0 Å². The highest BCUT2D eigenvalue weighted by Gasteiger charge is 2.21. The van der Waals surface area contributed by atoms with E-state index in [-0.39, 0.29) is 58.1 Å². The Bertz CT molecular complexity index is 3910. The van der Waals surface area contributed by atoms with E-state index in [1.807, 2.05) is 97.1 Å². The Kier molecular flexibility index (Phi) is 7.25. The third-order valence-electron chi connectivity index (χ3n) is 11.4. The summed E-state index contributed by atoms with van der Waals surface area (Å²) in [6.45, 7) is 0. The molecular weight excluding hydrogens is 773 g/mol. The number of benzene rings is 9. The van der Waals surface area contributed by atoms with Crippen molar-refractivity contribution >= 4 is 53.3 Å². The van der Waals surface area contributed by atoms with Crippen LogP contribution in [0, 0.1) is 0 Å². The summed E-state index contributed by atoms with van der Waals surface area (Å²) in [5, 5.41) is 2.59. The van der Waals surface area contributed by atoms with Crippen LogP contribution < -0.4 is 0 Å². The van der Waals surface area contributed by atoms with Crippen molar-refractivity contribution in [3.63, 3.8) is 0 Å². The molecule has 3 aromatic heterocycles. The zero-order chi connectivity index (χ0) is 46.2. The summed E-state index contributed by atoms with van der Waals surface area (Å²) in [5.41, 5.74) is 9.23. The Morgan fingerprint density at radius 2 is 0.887 bits per heavy atom. The van der Waals surface area contributed by atoms with E-state index in [0.29, 0.717) is 28.7 Å². The van der Waals surface area contributed by atoms with Crippen LogP contribution in [0.1, 0.15) is 8.22 Å². The van der Waals surface area contributed by atoms with Crippen molar-refractivity contribution in [2.45, 2.75) is 0 Å². The van der Waals surface area contributed by atoms with Gasteiger partial charge in [0.25, 0.3) is 0 Å². The van der Waals surface area contributed by atoms with Gasteiger partial charge < -0.3 is 4.57 Å². The van der Waals surface area contributed by atoms with Crippen molar-refractivity contribution in [1.29, 1.82) is 0 Å². The van der Waals surface area contributed by atoms with Gasteiger partial charge in [0.1, 0.15) is 0 Å². The first-order chi connectivity index (χ1) is 33.2. The molecule has 62 heavy (non-hydrogen) atoms. The number of rotatable bonds is 7. The molecule has 0 spiro atoms. The Balaban J connectivity index is 1.15. The third kappa shape index (κ3) is 6.18. The number of thiophene rings is 1. The second-order valence-corrected chi connectivity index (χ2v) is 16.2. The first kappa shape index (κ1) is 30.1. The third-order valence-corrected chi connectivity index (χ3v) is 12.7. The van der Waals surface area contributed by atoms with Crippen molar-refractivity contribution in [3.05, 3.63) is 218 Å². The molecule has 290 valence electrons. The van der Waals surface area contributed by atoms with E-state index in [9.17, 15) is 5.48 Å². The van der Waals surface area contributed by atoms with Crippen LogP contribution in [0.4, 0.5) is 0 Å². The minimum absolute atomic E-state index is 0.0408. The Morgan fingerprint density at radius 3 is 1.60 bits per heavy atom. The molecule has 0 fully saturated rings. The molecule has 0 aliphatic heterocycles. The zero-order valence-electron chi connectivity index (χ0n) is 39.0. The van der Waals surface area contributed by atoms with Gasteiger partial charge >= 0.3 is 0 Å². The second-order valence-electron chi connectivity index (χ2n) is 15.1. The van der Waals surface area contributed by atoms with Crippen LogP contribution in [0.3, 0.4) is 0 Å². The summed E-state index contributed by atoms with van der Waals surface area (Å²) in [6, 6.07) is 59.1. The lowest BCUT2D eigenvalue weighted by Crippen LogP contribution is -2.02. The number of aromatic nitrogens is 4.